The molecule has 2 aliphatic heterocycles. The van der Waals surface area contributed by atoms with Crippen LogP contribution in [0.4, 0.5) is 0 Å². The van der Waals surface area contributed by atoms with Gasteiger partial charge in [-0.15, -0.1) is 0 Å². The van der Waals surface area contributed by atoms with Gasteiger partial charge in [0.1, 0.15) is 11.4 Å². The van der Waals surface area contributed by atoms with E-state index >= 15 is 0 Å². The summed E-state index contributed by atoms with van der Waals surface area (Å²) in [4.78, 5) is 0. The first-order chi connectivity index (χ1) is 6.31. The number of ether oxygens (including phenoxy) is 1. The number of aliphatic hydroxyl groups is 1. The lowest BCUT2D eigenvalue weighted by Crippen LogP contribution is -2.32. The van der Waals surface area contributed by atoms with E-state index in [9.17, 15) is 5.11 Å². The SMILES string of the molecule is OC1(C2=CCCO2)CCCNCC1. The Balaban J connectivity index is 2.07. The number of rotatable bonds is 1. The van der Waals surface area contributed by atoms with Crippen LogP contribution < -0.4 is 5.32 Å². The Morgan fingerprint density at radius 3 is 3.08 bits per heavy atom. The average Bonchev–Trinajstić information content (AvgIpc) is 2.57. The van der Waals surface area contributed by atoms with E-state index in [0.29, 0.717) is 0 Å². The van der Waals surface area contributed by atoms with E-state index in [0.717, 1.165) is 51.1 Å². The van der Waals surface area contributed by atoms with Crippen molar-refractivity contribution in [2.45, 2.75) is 31.3 Å². The normalized spacial score (nSPS) is 35.0. The van der Waals surface area contributed by atoms with Crippen molar-refractivity contribution in [3.05, 3.63) is 11.8 Å². The largest absolute Gasteiger partial charge is 0.495 e. The lowest BCUT2D eigenvalue weighted by molar-refractivity contribution is 0.00957. The molecule has 2 heterocycles. The Morgan fingerprint density at radius 1 is 1.38 bits per heavy atom. The van der Waals surface area contributed by atoms with E-state index in [1.807, 2.05) is 6.08 Å². The van der Waals surface area contributed by atoms with Crippen LogP contribution in [0.1, 0.15) is 25.7 Å². The monoisotopic (exact) mass is 183 g/mol. The fraction of sp³-hybridized carbons (Fsp3) is 0.800. The number of nitrogens with one attached hydrogen (secondary N) is 1. The molecule has 1 unspecified atom stereocenters. The first-order valence-corrected chi connectivity index (χ1v) is 5.08. The van der Waals surface area contributed by atoms with Gasteiger partial charge in [-0.25, -0.2) is 0 Å². The van der Waals surface area contributed by atoms with Gasteiger partial charge in [-0.1, -0.05) is 0 Å². The summed E-state index contributed by atoms with van der Waals surface area (Å²) < 4.78 is 5.43. The van der Waals surface area contributed by atoms with Gasteiger partial charge >= 0.3 is 0 Å². The second kappa shape index (κ2) is 3.68. The molecular weight excluding hydrogens is 166 g/mol. The molecule has 2 rings (SSSR count). The third-order valence-corrected chi connectivity index (χ3v) is 2.82. The summed E-state index contributed by atoms with van der Waals surface area (Å²) >= 11 is 0. The molecule has 1 saturated heterocycles. The zero-order valence-corrected chi connectivity index (χ0v) is 7.88. The maximum absolute atomic E-state index is 10.3. The van der Waals surface area contributed by atoms with E-state index in [2.05, 4.69) is 5.32 Å². The van der Waals surface area contributed by atoms with Gasteiger partial charge in [-0.3, -0.25) is 0 Å². The Kier molecular flexibility index (Phi) is 2.56. The van der Waals surface area contributed by atoms with Gasteiger partial charge in [-0.2, -0.15) is 0 Å². The Morgan fingerprint density at radius 2 is 2.31 bits per heavy atom. The summed E-state index contributed by atoms with van der Waals surface area (Å²) in [6, 6.07) is 0. The topological polar surface area (TPSA) is 41.5 Å². The maximum atomic E-state index is 10.3. The summed E-state index contributed by atoms with van der Waals surface area (Å²) in [6.07, 6.45) is 5.61. The molecule has 2 N–H and O–H groups in total. The van der Waals surface area contributed by atoms with Crippen molar-refractivity contribution in [2.24, 2.45) is 0 Å². The molecule has 0 aromatic heterocycles. The average molecular weight is 183 g/mol. The van der Waals surface area contributed by atoms with Crippen molar-refractivity contribution in [3.63, 3.8) is 0 Å². The molecule has 0 radical (unpaired) electrons. The van der Waals surface area contributed by atoms with Crippen LogP contribution in [0.2, 0.25) is 0 Å². The van der Waals surface area contributed by atoms with Crippen molar-refractivity contribution in [1.82, 2.24) is 5.32 Å². The zero-order chi connectivity index (χ0) is 9.15. The van der Waals surface area contributed by atoms with E-state index in [1.165, 1.54) is 0 Å². The van der Waals surface area contributed by atoms with Crippen LogP contribution in [0.5, 0.6) is 0 Å². The highest BCUT2D eigenvalue weighted by Gasteiger charge is 2.34. The molecule has 13 heavy (non-hydrogen) atoms. The van der Waals surface area contributed by atoms with Gasteiger partial charge in [0.05, 0.1) is 6.61 Å². The molecule has 0 saturated carbocycles. The van der Waals surface area contributed by atoms with E-state index < -0.39 is 5.60 Å². The Labute approximate surface area is 78.8 Å². The van der Waals surface area contributed by atoms with Crippen LogP contribution in [0, 0.1) is 0 Å². The first kappa shape index (κ1) is 9.03. The van der Waals surface area contributed by atoms with Gasteiger partial charge < -0.3 is 15.2 Å². The molecule has 74 valence electrons. The minimum Gasteiger partial charge on any atom is -0.495 e. The van der Waals surface area contributed by atoms with E-state index in [4.69, 9.17) is 4.74 Å². The van der Waals surface area contributed by atoms with Crippen LogP contribution in [0.3, 0.4) is 0 Å². The van der Waals surface area contributed by atoms with Crippen LogP contribution in [0.25, 0.3) is 0 Å². The third kappa shape index (κ3) is 1.86. The molecule has 3 heteroatoms. The standard InChI is InChI=1S/C10H17NO2/c12-10(9-3-1-8-13-9)4-2-6-11-7-5-10/h3,11-12H,1-2,4-8H2. The highest BCUT2D eigenvalue weighted by Crippen LogP contribution is 2.31. The minimum absolute atomic E-state index is 0.681. The first-order valence-electron chi connectivity index (χ1n) is 5.08. The van der Waals surface area contributed by atoms with Crippen molar-refractivity contribution in [2.75, 3.05) is 19.7 Å². The molecule has 0 spiro atoms. The Bertz CT molecular complexity index is 205. The van der Waals surface area contributed by atoms with Gasteiger partial charge in [0.2, 0.25) is 0 Å². The second-order valence-electron chi connectivity index (χ2n) is 3.84. The van der Waals surface area contributed by atoms with Crippen LogP contribution >= 0.6 is 0 Å². The van der Waals surface area contributed by atoms with E-state index in [-0.39, 0.29) is 0 Å². The maximum Gasteiger partial charge on any atom is 0.124 e. The van der Waals surface area contributed by atoms with Crippen molar-refractivity contribution in [3.8, 4) is 0 Å². The molecular formula is C10H17NO2. The fourth-order valence-corrected chi connectivity index (χ4v) is 2.04. The summed E-state index contributed by atoms with van der Waals surface area (Å²) in [7, 11) is 0. The molecule has 0 bridgehead atoms. The molecule has 0 aliphatic carbocycles. The predicted molar refractivity (Wildman–Crippen MR) is 50.3 cm³/mol. The number of hydrogen-bond donors (Lipinski definition) is 2. The van der Waals surface area contributed by atoms with E-state index in [1.54, 1.807) is 0 Å². The quantitative estimate of drug-likeness (QED) is 0.631. The molecule has 3 nitrogen and oxygen atoms in total. The van der Waals surface area contributed by atoms with Crippen molar-refractivity contribution in [1.29, 1.82) is 0 Å². The zero-order valence-electron chi connectivity index (χ0n) is 7.88. The van der Waals surface area contributed by atoms with Crippen LogP contribution in [0.15, 0.2) is 11.8 Å². The van der Waals surface area contributed by atoms with Gasteiger partial charge in [0.15, 0.2) is 0 Å². The van der Waals surface area contributed by atoms with Gasteiger partial charge in [-0.05, 0) is 38.4 Å². The molecule has 2 aliphatic rings. The minimum atomic E-state index is -0.681. The summed E-state index contributed by atoms with van der Waals surface area (Å²) in [6.45, 7) is 2.64. The molecule has 1 atom stereocenters. The molecule has 0 aromatic carbocycles. The van der Waals surface area contributed by atoms with Gasteiger partial charge in [0, 0.05) is 6.42 Å². The van der Waals surface area contributed by atoms with Crippen molar-refractivity contribution < 1.29 is 9.84 Å². The highest BCUT2D eigenvalue weighted by atomic mass is 16.5. The highest BCUT2D eigenvalue weighted by molar-refractivity contribution is 5.13. The van der Waals surface area contributed by atoms with Crippen LogP contribution in [-0.2, 0) is 4.74 Å². The summed E-state index contributed by atoms with van der Waals surface area (Å²) in [5, 5.41) is 13.6. The summed E-state index contributed by atoms with van der Waals surface area (Å²) in [5.74, 6) is 0.816. The van der Waals surface area contributed by atoms with Crippen LogP contribution in [-0.4, -0.2) is 30.4 Å². The fourth-order valence-electron chi connectivity index (χ4n) is 2.04. The molecule has 0 amide bonds. The second-order valence-corrected chi connectivity index (χ2v) is 3.84. The smallest absolute Gasteiger partial charge is 0.124 e. The third-order valence-electron chi connectivity index (χ3n) is 2.82. The Hall–Kier alpha value is -0.540. The predicted octanol–water partition coefficient (Wildman–Crippen LogP) is 0.795. The molecule has 0 aromatic rings. The van der Waals surface area contributed by atoms with Gasteiger partial charge in [0.25, 0.3) is 0 Å². The number of hydrogen-bond acceptors (Lipinski definition) is 3. The lowest BCUT2D eigenvalue weighted by Gasteiger charge is -2.26. The van der Waals surface area contributed by atoms with Crippen molar-refractivity contribution >= 4 is 0 Å². The summed E-state index contributed by atoms with van der Waals surface area (Å²) in [5.41, 5.74) is -0.681. The molecule has 1 fully saturated rings. The lowest BCUT2D eigenvalue weighted by atomic mass is 9.92.